The zero-order valence-electron chi connectivity index (χ0n) is 48.8. The van der Waals surface area contributed by atoms with Crippen molar-refractivity contribution in [2.24, 2.45) is 0 Å². The normalized spacial score (nSPS) is 14.0. The van der Waals surface area contributed by atoms with Crippen LogP contribution in [0.25, 0.3) is 66.8 Å². The molecule has 0 saturated heterocycles. The second kappa shape index (κ2) is 21.1. The molecule has 1 saturated carbocycles. The van der Waals surface area contributed by atoms with Gasteiger partial charge in [0.05, 0.1) is 11.4 Å². The van der Waals surface area contributed by atoms with Crippen LogP contribution >= 0.6 is 0 Å². The summed E-state index contributed by atoms with van der Waals surface area (Å²) in [7, 11) is 0. The number of nitrogens with zero attached hydrogens (tertiary/aromatic N) is 2. The van der Waals surface area contributed by atoms with E-state index in [-0.39, 0.29) is 17.5 Å². The van der Waals surface area contributed by atoms with Crippen LogP contribution in [0, 0.1) is 0 Å². The Morgan fingerprint density at radius 1 is 0.313 bits per heavy atom. The van der Waals surface area contributed by atoms with E-state index in [0.29, 0.717) is 5.92 Å². The highest BCUT2D eigenvalue weighted by Crippen LogP contribution is 2.54. The van der Waals surface area contributed by atoms with E-state index in [1.54, 1.807) is 0 Å². The quantitative estimate of drug-likeness (QED) is 0.133. The van der Waals surface area contributed by atoms with Gasteiger partial charge in [0.2, 0.25) is 0 Å². The van der Waals surface area contributed by atoms with E-state index in [1.165, 1.54) is 166 Å². The summed E-state index contributed by atoms with van der Waals surface area (Å²) in [5.74, 6) is 0.419. The first-order chi connectivity index (χ1) is 40.5. The molecule has 0 amide bonds. The van der Waals surface area contributed by atoms with Gasteiger partial charge in [-0.2, -0.15) is 0 Å². The third-order valence-electron chi connectivity index (χ3n) is 18.2. The number of hydrogen-bond donors (Lipinski definition) is 0. The van der Waals surface area contributed by atoms with E-state index in [9.17, 15) is 0 Å². The fourth-order valence-corrected chi connectivity index (χ4v) is 13.8. The molecule has 404 valence electrons. The minimum atomic E-state index is -0.131. The van der Waals surface area contributed by atoms with Crippen molar-refractivity contribution >= 4 is 57.2 Å². The lowest BCUT2D eigenvalue weighted by molar-refractivity contribution is 0.444. The standard InChI is InChI=1S/C80H71BN2/c1-79(2,3)64-44-38-55(39-45-64)61-42-48-72-70(50-61)81-71-51-62(56-40-46-65(47-41-56)80(4,5)6)43-49-73(71)83(78-68(59-30-18-10-19-31-59)36-23-37-69(78)60-32-20-11-21-33-60)75-53-63(54-24-12-7-13-25-54)52-74(76(75)81)82(72)77-66(57-26-14-8-15-27-57)34-22-35-67(77)58-28-16-9-17-29-58/h8-11,14-23,26-54H,7,12-13,24-25H2,1-6H3. The minimum absolute atomic E-state index is 0.0377. The van der Waals surface area contributed by atoms with Crippen molar-refractivity contribution < 1.29 is 0 Å². The molecule has 0 N–H and O–H groups in total. The molecule has 0 bridgehead atoms. The van der Waals surface area contributed by atoms with Crippen LogP contribution in [0.3, 0.4) is 0 Å². The lowest BCUT2D eigenvalue weighted by Gasteiger charge is -2.46. The molecule has 0 radical (unpaired) electrons. The minimum Gasteiger partial charge on any atom is -0.310 e. The molecule has 1 fully saturated rings. The number of anilines is 6. The van der Waals surface area contributed by atoms with Crippen LogP contribution in [0.15, 0.2) is 255 Å². The van der Waals surface area contributed by atoms with Gasteiger partial charge >= 0.3 is 0 Å². The second-order valence-corrected chi connectivity index (χ2v) is 25.5. The Morgan fingerprint density at radius 2 is 0.651 bits per heavy atom. The van der Waals surface area contributed by atoms with Crippen LogP contribution in [0.1, 0.15) is 96.3 Å². The van der Waals surface area contributed by atoms with Gasteiger partial charge in [0.25, 0.3) is 6.71 Å². The molecule has 0 spiro atoms. The number of fused-ring (bicyclic) bond motifs is 4. The Balaban J connectivity index is 1.14. The molecule has 1 aliphatic carbocycles. The molecule has 0 unspecified atom stereocenters. The van der Waals surface area contributed by atoms with Gasteiger partial charge in [-0.05, 0) is 131 Å². The summed E-state index contributed by atoms with van der Waals surface area (Å²) in [6, 6.07) is 97.2. The predicted octanol–water partition coefficient (Wildman–Crippen LogP) is 20.4. The SMILES string of the molecule is CC(C)(C)c1ccc(-c2ccc3c(c2)B2c4cc(-c5ccc(C(C)(C)C)cc5)ccc4N(c4c(-c5ccccc5)cccc4-c4ccccc4)c4cc(C5CCCCC5)cc(c42)N3c2c(-c3ccccc3)cccc2-c2ccccc2)cc1. The third kappa shape index (κ3) is 9.51. The Morgan fingerprint density at radius 3 is 0.988 bits per heavy atom. The van der Waals surface area contributed by atoms with Crippen molar-refractivity contribution in [2.75, 3.05) is 9.80 Å². The number of para-hydroxylation sites is 2. The van der Waals surface area contributed by atoms with Gasteiger partial charge in [0.1, 0.15) is 0 Å². The summed E-state index contributed by atoms with van der Waals surface area (Å²) in [6.45, 7) is 13.7. The number of rotatable bonds is 9. The van der Waals surface area contributed by atoms with Crippen molar-refractivity contribution in [1.29, 1.82) is 0 Å². The maximum Gasteiger partial charge on any atom is 0.252 e. The summed E-state index contributed by atoms with van der Waals surface area (Å²) >= 11 is 0. The van der Waals surface area contributed by atoms with E-state index >= 15 is 0 Å². The van der Waals surface area contributed by atoms with Crippen LogP contribution in [0.5, 0.6) is 0 Å². The molecule has 2 aliphatic heterocycles. The summed E-state index contributed by atoms with van der Waals surface area (Å²) in [6.07, 6.45) is 6.11. The van der Waals surface area contributed by atoms with Crippen LogP contribution in [-0.2, 0) is 10.8 Å². The second-order valence-electron chi connectivity index (χ2n) is 25.5. The Labute approximate surface area is 492 Å². The molecule has 14 rings (SSSR count). The monoisotopic (exact) mass is 1070 g/mol. The molecular formula is C80H71BN2. The van der Waals surface area contributed by atoms with Gasteiger partial charge in [-0.25, -0.2) is 0 Å². The lowest BCUT2D eigenvalue weighted by Crippen LogP contribution is -2.61. The molecular weight excluding hydrogens is 1000 g/mol. The first kappa shape index (κ1) is 52.2. The van der Waals surface area contributed by atoms with Crippen molar-refractivity contribution in [3.8, 4) is 66.8 Å². The van der Waals surface area contributed by atoms with Crippen molar-refractivity contribution in [2.45, 2.75) is 90.4 Å². The zero-order chi connectivity index (χ0) is 56.4. The molecule has 2 heterocycles. The molecule has 11 aromatic rings. The highest BCUT2D eigenvalue weighted by molar-refractivity contribution is 7.00. The fraction of sp³-hybridized carbons (Fsp3) is 0.175. The van der Waals surface area contributed by atoms with Gasteiger partial charge in [-0.1, -0.05) is 291 Å². The number of benzene rings is 11. The first-order valence-corrected chi connectivity index (χ1v) is 30.2. The zero-order valence-corrected chi connectivity index (χ0v) is 48.8. The van der Waals surface area contributed by atoms with E-state index in [1.807, 2.05) is 0 Å². The smallest absolute Gasteiger partial charge is 0.252 e. The molecule has 3 heteroatoms. The first-order valence-electron chi connectivity index (χ1n) is 30.2. The van der Waals surface area contributed by atoms with Gasteiger partial charge in [0.15, 0.2) is 0 Å². The van der Waals surface area contributed by atoms with Crippen LogP contribution < -0.4 is 26.2 Å². The van der Waals surface area contributed by atoms with E-state index in [4.69, 9.17) is 0 Å². The average molecular weight is 1070 g/mol. The largest absolute Gasteiger partial charge is 0.310 e. The van der Waals surface area contributed by atoms with E-state index < -0.39 is 0 Å². The van der Waals surface area contributed by atoms with Crippen molar-refractivity contribution in [1.82, 2.24) is 0 Å². The van der Waals surface area contributed by atoms with Gasteiger partial charge in [-0.15, -0.1) is 0 Å². The summed E-state index contributed by atoms with van der Waals surface area (Å²) in [4.78, 5) is 5.43. The van der Waals surface area contributed by atoms with E-state index in [2.05, 4.69) is 306 Å². The topological polar surface area (TPSA) is 6.48 Å². The lowest BCUT2D eigenvalue weighted by atomic mass is 9.33. The van der Waals surface area contributed by atoms with E-state index in [0.717, 1.165) is 0 Å². The molecule has 11 aromatic carbocycles. The summed E-state index contributed by atoms with van der Waals surface area (Å²) < 4.78 is 0. The Bertz CT molecular complexity index is 3790. The maximum absolute atomic E-state index is 2.72. The maximum atomic E-state index is 2.72. The van der Waals surface area contributed by atoms with Gasteiger partial charge in [0, 0.05) is 45.0 Å². The molecule has 2 nitrogen and oxygen atoms in total. The fourth-order valence-electron chi connectivity index (χ4n) is 13.8. The van der Waals surface area contributed by atoms with Crippen LogP contribution in [-0.4, -0.2) is 6.71 Å². The van der Waals surface area contributed by atoms with Crippen molar-refractivity contribution in [3.63, 3.8) is 0 Å². The predicted molar refractivity (Wildman–Crippen MR) is 356 cm³/mol. The Kier molecular flexibility index (Phi) is 13.3. The average Bonchev–Trinajstić information content (AvgIpc) is 1.08. The van der Waals surface area contributed by atoms with Crippen molar-refractivity contribution in [3.05, 3.63) is 271 Å². The summed E-state index contributed by atoms with van der Waals surface area (Å²) in [5.41, 5.74) is 29.8. The molecule has 83 heavy (non-hydrogen) atoms. The third-order valence-corrected chi connectivity index (χ3v) is 18.2. The van der Waals surface area contributed by atoms with Gasteiger partial charge in [-0.3, -0.25) is 0 Å². The Hall–Kier alpha value is -8.92. The highest BCUT2D eigenvalue weighted by atomic mass is 15.2. The number of hydrogen-bond acceptors (Lipinski definition) is 2. The van der Waals surface area contributed by atoms with Gasteiger partial charge < -0.3 is 9.80 Å². The molecule has 3 aliphatic rings. The molecule has 0 aromatic heterocycles. The van der Waals surface area contributed by atoms with Crippen LogP contribution in [0.4, 0.5) is 34.1 Å². The van der Waals surface area contributed by atoms with Crippen LogP contribution in [0.2, 0.25) is 0 Å². The highest BCUT2D eigenvalue weighted by Gasteiger charge is 2.46. The molecule has 0 atom stereocenters. The summed E-state index contributed by atoms with van der Waals surface area (Å²) in [5, 5.41) is 0.